The highest BCUT2D eigenvalue weighted by Crippen LogP contribution is 2.24. The van der Waals surface area contributed by atoms with E-state index in [0.717, 1.165) is 28.0 Å². The largest absolute Gasteiger partial charge is 0.497 e. The van der Waals surface area contributed by atoms with Gasteiger partial charge < -0.3 is 19.6 Å². The summed E-state index contributed by atoms with van der Waals surface area (Å²) in [5.74, 6) is 1.33. The standard InChI is InChI=1S/C21H20N4O2/c1-25-12-11-22-20(25)19(14-7-9-16(27-2)10-8-14)24-21(26)18-13-15-5-3-4-6-17(15)23-18/h3-13,19,23H,1-2H3,(H,24,26). The van der Waals surface area contributed by atoms with Crippen LogP contribution in [-0.4, -0.2) is 27.6 Å². The van der Waals surface area contributed by atoms with Crippen molar-refractivity contribution in [1.29, 1.82) is 0 Å². The molecule has 0 radical (unpaired) electrons. The number of benzene rings is 2. The molecule has 6 heteroatoms. The molecule has 0 bridgehead atoms. The van der Waals surface area contributed by atoms with Gasteiger partial charge in [0.05, 0.1) is 7.11 Å². The summed E-state index contributed by atoms with van der Waals surface area (Å²) in [6.45, 7) is 0. The van der Waals surface area contributed by atoms with E-state index in [-0.39, 0.29) is 11.9 Å². The zero-order chi connectivity index (χ0) is 18.8. The van der Waals surface area contributed by atoms with Crippen LogP contribution in [0.1, 0.15) is 27.9 Å². The number of carbonyl (C=O) groups excluding carboxylic acids is 1. The van der Waals surface area contributed by atoms with E-state index in [4.69, 9.17) is 4.74 Å². The second-order valence-corrected chi connectivity index (χ2v) is 6.35. The Bertz CT molecular complexity index is 1050. The van der Waals surface area contributed by atoms with Gasteiger partial charge in [0, 0.05) is 30.3 Å². The summed E-state index contributed by atoms with van der Waals surface area (Å²) in [5, 5.41) is 4.10. The minimum absolute atomic E-state index is 0.185. The molecule has 6 nitrogen and oxygen atoms in total. The molecule has 0 saturated carbocycles. The van der Waals surface area contributed by atoms with Crippen LogP contribution in [0.5, 0.6) is 5.75 Å². The number of nitrogens with zero attached hydrogens (tertiary/aromatic N) is 2. The molecular weight excluding hydrogens is 340 g/mol. The number of aromatic nitrogens is 3. The molecule has 2 aromatic heterocycles. The number of aromatic amines is 1. The van der Waals surface area contributed by atoms with Crippen LogP contribution in [0.25, 0.3) is 10.9 Å². The summed E-state index contributed by atoms with van der Waals surface area (Å²) in [4.78, 5) is 20.5. The van der Waals surface area contributed by atoms with Gasteiger partial charge in [0.1, 0.15) is 23.3 Å². The average Bonchev–Trinajstić information content (AvgIpc) is 3.32. The predicted molar refractivity (Wildman–Crippen MR) is 104 cm³/mol. The average molecular weight is 360 g/mol. The smallest absolute Gasteiger partial charge is 0.268 e. The van der Waals surface area contributed by atoms with Crippen molar-refractivity contribution in [3.8, 4) is 5.75 Å². The first kappa shape index (κ1) is 16.9. The zero-order valence-electron chi connectivity index (χ0n) is 15.1. The van der Waals surface area contributed by atoms with Crippen LogP contribution in [0.4, 0.5) is 0 Å². The lowest BCUT2D eigenvalue weighted by Gasteiger charge is -2.19. The topological polar surface area (TPSA) is 71.9 Å². The number of imidazole rings is 1. The molecule has 1 amide bonds. The van der Waals surface area contributed by atoms with Crippen molar-refractivity contribution in [3.05, 3.63) is 84.1 Å². The highest BCUT2D eigenvalue weighted by atomic mass is 16.5. The molecule has 0 aliphatic carbocycles. The fraction of sp³-hybridized carbons (Fsp3) is 0.143. The number of H-pyrrole nitrogens is 1. The Morgan fingerprint density at radius 1 is 1.19 bits per heavy atom. The number of methoxy groups -OCH3 is 1. The number of rotatable bonds is 5. The normalized spacial score (nSPS) is 12.1. The van der Waals surface area contributed by atoms with Crippen molar-refractivity contribution in [2.75, 3.05) is 7.11 Å². The lowest BCUT2D eigenvalue weighted by atomic mass is 10.1. The third-order valence-electron chi connectivity index (χ3n) is 4.62. The van der Waals surface area contributed by atoms with Gasteiger partial charge in [-0.1, -0.05) is 30.3 Å². The lowest BCUT2D eigenvalue weighted by Crippen LogP contribution is -2.31. The molecular formula is C21H20N4O2. The van der Waals surface area contributed by atoms with Crippen molar-refractivity contribution in [2.45, 2.75) is 6.04 Å². The molecule has 0 aliphatic rings. The van der Waals surface area contributed by atoms with E-state index < -0.39 is 0 Å². The number of hydrogen-bond acceptors (Lipinski definition) is 3. The minimum Gasteiger partial charge on any atom is -0.497 e. The molecule has 2 N–H and O–H groups in total. The first-order valence-corrected chi connectivity index (χ1v) is 8.65. The van der Waals surface area contributed by atoms with E-state index in [0.29, 0.717) is 5.69 Å². The Balaban J connectivity index is 1.67. The molecule has 4 rings (SSSR count). The van der Waals surface area contributed by atoms with Crippen LogP contribution in [0.3, 0.4) is 0 Å². The number of hydrogen-bond donors (Lipinski definition) is 2. The highest BCUT2D eigenvalue weighted by molar-refractivity contribution is 5.98. The lowest BCUT2D eigenvalue weighted by molar-refractivity contribution is 0.0937. The van der Waals surface area contributed by atoms with Crippen LogP contribution in [0, 0.1) is 0 Å². The third-order valence-corrected chi connectivity index (χ3v) is 4.62. The van der Waals surface area contributed by atoms with E-state index in [1.807, 2.05) is 72.4 Å². The summed E-state index contributed by atoms with van der Waals surface area (Å²) in [6, 6.07) is 16.9. The fourth-order valence-electron chi connectivity index (χ4n) is 3.15. The molecule has 0 aliphatic heterocycles. The van der Waals surface area contributed by atoms with Crippen molar-refractivity contribution in [1.82, 2.24) is 19.9 Å². The number of ether oxygens (including phenoxy) is 1. The second-order valence-electron chi connectivity index (χ2n) is 6.35. The SMILES string of the molecule is COc1ccc(C(NC(=O)c2cc3ccccc3[nH]2)c2nccn2C)cc1. The van der Waals surface area contributed by atoms with Gasteiger partial charge >= 0.3 is 0 Å². The fourth-order valence-corrected chi connectivity index (χ4v) is 3.15. The van der Waals surface area contributed by atoms with Gasteiger partial charge in [0.2, 0.25) is 0 Å². The number of carbonyl (C=O) groups is 1. The zero-order valence-corrected chi connectivity index (χ0v) is 15.1. The first-order chi connectivity index (χ1) is 13.2. The van der Waals surface area contributed by atoms with Crippen LogP contribution in [0.15, 0.2) is 67.0 Å². The van der Waals surface area contributed by atoms with E-state index in [1.54, 1.807) is 13.3 Å². The molecule has 27 heavy (non-hydrogen) atoms. The Morgan fingerprint density at radius 3 is 2.63 bits per heavy atom. The molecule has 2 aromatic carbocycles. The predicted octanol–water partition coefficient (Wildman–Crippen LogP) is 3.43. The molecule has 136 valence electrons. The third kappa shape index (κ3) is 3.29. The van der Waals surface area contributed by atoms with E-state index in [9.17, 15) is 4.79 Å². The van der Waals surface area contributed by atoms with E-state index in [1.165, 1.54) is 0 Å². The van der Waals surface area contributed by atoms with E-state index in [2.05, 4.69) is 15.3 Å². The Morgan fingerprint density at radius 2 is 1.96 bits per heavy atom. The second kappa shape index (κ2) is 6.99. The molecule has 1 atom stereocenters. The Labute approximate surface area is 156 Å². The monoisotopic (exact) mass is 360 g/mol. The van der Waals surface area contributed by atoms with Crippen molar-refractivity contribution in [3.63, 3.8) is 0 Å². The summed E-state index contributed by atoms with van der Waals surface area (Å²) in [5.41, 5.74) is 2.37. The molecule has 2 heterocycles. The van der Waals surface area contributed by atoms with Gasteiger partial charge in [0.15, 0.2) is 0 Å². The van der Waals surface area contributed by atoms with Crippen molar-refractivity contribution in [2.24, 2.45) is 7.05 Å². The number of fused-ring (bicyclic) bond motifs is 1. The van der Waals surface area contributed by atoms with Crippen LogP contribution in [-0.2, 0) is 7.05 Å². The van der Waals surface area contributed by atoms with Gasteiger partial charge in [-0.3, -0.25) is 4.79 Å². The first-order valence-electron chi connectivity index (χ1n) is 8.65. The van der Waals surface area contributed by atoms with Crippen molar-refractivity contribution >= 4 is 16.8 Å². The minimum atomic E-state index is -0.380. The maximum atomic E-state index is 12.9. The van der Waals surface area contributed by atoms with Crippen LogP contribution < -0.4 is 10.1 Å². The maximum Gasteiger partial charge on any atom is 0.268 e. The number of aryl methyl sites for hydroxylation is 1. The quantitative estimate of drug-likeness (QED) is 0.573. The molecule has 0 fully saturated rings. The molecule has 4 aromatic rings. The van der Waals surface area contributed by atoms with Gasteiger partial charge in [-0.05, 0) is 29.8 Å². The Hall–Kier alpha value is -3.54. The maximum absolute atomic E-state index is 12.9. The van der Waals surface area contributed by atoms with Crippen LogP contribution >= 0.6 is 0 Å². The summed E-state index contributed by atoms with van der Waals surface area (Å²) < 4.78 is 7.14. The van der Waals surface area contributed by atoms with Gasteiger partial charge in [0.25, 0.3) is 5.91 Å². The van der Waals surface area contributed by atoms with Gasteiger partial charge in [-0.15, -0.1) is 0 Å². The summed E-state index contributed by atoms with van der Waals surface area (Å²) >= 11 is 0. The van der Waals surface area contributed by atoms with Crippen LogP contribution in [0.2, 0.25) is 0 Å². The van der Waals surface area contributed by atoms with Gasteiger partial charge in [-0.2, -0.15) is 0 Å². The summed E-state index contributed by atoms with van der Waals surface area (Å²) in [7, 11) is 3.54. The van der Waals surface area contributed by atoms with Crippen molar-refractivity contribution < 1.29 is 9.53 Å². The number of para-hydroxylation sites is 1. The van der Waals surface area contributed by atoms with E-state index >= 15 is 0 Å². The Kier molecular flexibility index (Phi) is 4.38. The molecule has 1 unspecified atom stereocenters. The molecule has 0 saturated heterocycles. The highest BCUT2D eigenvalue weighted by Gasteiger charge is 2.22. The van der Waals surface area contributed by atoms with Gasteiger partial charge in [-0.25, -0.2) is 4.98 Å². The summed E-state index contributed by atoms with van der Waals surface area (Å²) in [6.07, 6.45) is 3.59. The number of amides is 1. The molecule has 0 spiro atoms. The number of nitrogens with one attached hydrogen (secondary N) is 2.